The van der Waals surface area contributed by atoms with Crippen LogP contribution in [0.25, 0.3) is 0 Å². The Hall–Kier alpha value is -2.38. The third-order valence-corrected chi connectivity index (χ3v) is 5.48. The molecule has 25 heavy (non-hydrogen) atoms. The van der Waals surface area contributed by atoms with Crippen molar-refractivity contribution >= 4 is 34.1 Å². The van der Waals surface area contributed by atoms with E-state index in [0.717, 1.165) is 27.0 Å². The number of hydrogen-bond acceptors (Lipinski definition) is 6. The van der Waals surface area contributed by atoms with Crippen LogP contribution in [-0.4, -0.2) is 23.2 Å². The van der Waals surface area contributed by atoms with E-state index in [4.69, 9.17) is 4.74 Å². The highest BCUT2D eigenvalue weighted by atomic mass is 32.2. The number of aromatic nitrogens is 2. The molecule has 0 aliphatic heterocycles. The Morgan fingerprint density at radius 1 is 1.20 bits per heavy atom. The Morgan fingerprint density at radius 3 is 2.76 bits per heavy atom. The lowest BCUT2D eigenvalue weighted by Crippen LogP contribution is -2.11. The van der Waals surface area contributed by atoms with Gasteiger partial charge in [0.1, 0.15) is 5.75 Å². The smallest absolute Gasteiger partial charge is 0.257 e. The second kappa shape index (κ2) is 8.13. The monoisotopic (exact) mass is 371 g/mol. The lowest BCUT2D eigenvalue weighted by atomic mass is 10.1. The highest BCUT2D eigenvalue weighted by Gasteiger charge is 2.10. The molecule has 0 bridgehead atoms. The lowest BCUT2D eigenvalue weighted by molar-refractivity contribution is 0.102. The first kappa shape index (κ1) is 17.4. The minimum absolute atomic E-state index is 0.180. The number of carbonyl (C=O) groups excluding carboxylic acids is 1. The second-order valence-corrected chi connectivity index (χ2v) is 7.53. The summed E-state index contributed by atoms with van der Waals surface area (Å²) in [6.07, 6.45) is 0. The van der Waals surface area contributed by atoms with Gasteiger partial charge in [0.15, 0.2) is 4.34 Å². The van der Waals surface area contributed by atoms with Gasteiger partial charge < -0.3 is 4.74 Å². The Labute approximate surface area is 154 Å². The van der Waals surface area contributed by atoms with Crippen molar-refractivity contribution in [2.45, 2.75) is 17.0 Å². The molecule has 1 N–H and O–H groups in total. The van der Waals surface area contributed by atoms with E-state index in [1.54, 1.807) is 31.0 Å². The van der Waals surface area contributed by atoms with Gasteiger partial charge in [-0.15, -0.1) is 10.2 Å². The molecule has 5 nitrogen and oxygen atoms in total. The van der Waals surface area contributed by atoms with Gasteiger partial charge in [-0.3, -0.25) is 10.1 Å². The number of rotatable bonds is 6. The maximum atomic E-state index is 12.2. The number of nitrogens with one attached hydrogen (secondary N) is 1. The van der Waals surface area contributed by atoms with Crippen LogP contribution in [0.1, 0.15) is 21.5 Å². The molecule has 0 fully saturated rings. The number of aryl methyl sites for hydroxylation is 1. The van der Waals surface area contributed by atoms with Gasteiger partial charge in [0.2, 0.25) is 5.13 Å². The van der Waals surface area contributed by atoms with E-state index in [1.165, 1.54) is 11.3 Å². The average Bonchev–Trinajstić information content (AvgIpc) is 3.08. The zero-order valence-electron chi connectivity index (χ0n) is 13.9. The molecule has 0 saturated heterocycles. The Morgan fingerprint density at radius 2 is 2.00 bits per heavy atom. The van der Waals surface area contributed by atoms with Crippen molar-refractivity contribution in [1.82, 2.24) is 10.2 Å². The van der Waals surface area contributed by atoms with Gasteiger partial charge in [0, 0.05) is 11.3 Å². The van der Waals surface area contributed by atoms with E-state index < -0.39 is 0 Å². The number of methoxy groups -OCH3 is 1. The van der Waals surface area contributed by atoms with Gasteiger partial charge in [0.05, 0.1) is 7.11 Å². The Balaban J connectivity index is 1.58. The molecule has 3 aromatic rings. The number of amides is 1. The highest BCUT2D eigenvalue weighted by Crippen LogP contribution is 2.29. The normalized spacial score (nSPS) is 10.5. The van der Waals surface area contributed by atoms with E-state index >= 15 is 0 Å². The van der Waals surface area contributed by atoms with Crippen molar-refractivity contribution in [3.05, 3.63) is 65.2 Å². The summed E-state index contributed by atoms with van der Waals surface area (Å²) in [6, 6.07) is 15.3. The molecule has 1 amide bonds. The summed E-state index contributed by atoms with van der Waals surface area (Å²) in [5.41, 5.74) is 2.86. The molecule has 0 saturated carbocycles. The van der Waals surface area contributed by atoms with Crippen LogP contribution in [-0.2, 0) is 5.75 Å². The summed E-state index contributed by atoms with van der Waals surface area (Å²) in [4.78, 5) is 12.2. The van der Waals surface area contributed by atoms with Crippen molar-refractivity contribution in [1.29, 1.82) is 0 Å². The SMILES string of the molecule is COc1cccc(CSc2nnc(NC(=O)c3ccc(C)cc3)s2)c1. The quantitative estimate of drug-likeness (QED) is 0.514. The molecule has 0 unspecified atom stereocenters. The highest BCUT2D eigenvalue weighted by molar-refractivity contribution is 8.00. The summed E-state index contributed by atoms with van der Waals surface area (Å²) in [5, 5.41) is 11.4. The fraction of sp³-hybridized carbons (Fsp3) is 0.167. The first-order valence-corrected chi connectivity index (χ1v) is 9.41. The Kier molecular flexibility index (Phi) is 5.67. The van der Waals surface area contributed by atoms with Crippen molar-refractivity contribution < 1.29 is 9.53 Å². The van der Waals surface area contributed by atoms with Crippen molar-refractivity contribution in [2.24, 2.45) is 0 Å². The molecule has 0 aliphatic rings. The topological polar surface area (TPSA) is 64.1 Å². The van der Waals surface area contributed by atoms with E-state index in [2.05, 4.69) is 15.5 Å². The summed E-state index contributed by atoms with van der Waals surface area (Å²) < 4.78 is 6.03. The van der Waals surface area contributed by atoms with E-state index in [9.17, 15) is 4.79 Å². The van der Waals surface area contributed by atoms with Crippen LogP contribution in [0.2, 0.25) is 0 Å². The van der Waals surface area contributed by atoms with Crippen LogP contribution in [0.5, 0.6) is 5.75 Å². The van der Waals surface area contributed by atoms with E-state index in [0.29, 0.717) is 10.7 Å². The number of carbonyl (C=O) groups is 1. The van der Waals surface area contributed by atoms with E-state index in [1.807, 2.05) is 43.3 Å². The fourth-order valence-electron chi connectivity index (χ4n) is 2.10. The van der Waals surface area contributed by atoms with Gasteiger partial charge >= 0.3 is 0 Å². The second-order valence-electron chi connectivity index (χ2n) is 5.33. The van der Waals surface area contributed by atoms with Crippen LogP contribution in [0, 0.1) is 6.92 Å². The molecule has 0 aliphatic carbocycles. The van der Waals surface area contributed by atoms with Crippen LogP contribution in [0.3, 0.4) is 0 Å². The van der Waals surface area contributed by atoms with Crippen LogP contribution < -0.4 is 10.1 Å². The standard InChI is InChI=1S/C18H17N3O2S2/c1-12-6-8-14(9-7-12)16(22)19-17-20-21-18(25-17)24-11-13-4-3-5-15(10-13)23-2/h3-10H,11H2,1-2H3,(H,19,20,22). The zero-order chi connectivity index (χ0) is 17.6. The number of anilines is 1. The third kappa shape index (κ3) is 4.80. The van der Waals surface area contributed by atoms with Gasteiger partial charge in [-0.2, -0.15) is 0 Å². The van der Waals surface area contributed by atoms with Crippen LogP contribution >= 0.6 is 23.1 Å². The zero-order valence-corrected chi connectivity index (χ0v) is 15.5. The third-order valence-electron chi connectivity index (χ3n) is 3.44. The lowest BCUT2D eigenvalue weighted by Gasteiger charge is -2.02. The van der Waals surface area contributed by atoms with Gasteiger partial charge in [0.25, 0.3) is 5.91 Å². The molecular formula is C18H17N3O2S2. The predicted octanol–water partition coefficient (Wildman–Crippen LogP) is 4.40. The van der Waals surface area contributed by atoms with Crippen LogP contribution in [0.15, 0.2) is 52.9 Å². The maximum Gasteiger partial charge on any atom is 0.257 e. The number of hydrogen-bond donors (Lipinski definition) is 1. The number of nitrogens with zero attached hydrogens (tertiary/aromatic N) is 2. The minimum atomic E-state index is -0.180. The van der Waals surface area contributed by atoms with E-state index in [-0.39, 0.29) is 5.91 Å². The van der Waals surface area contributed by atoms with Crippen molar-refractivity contribution in [3.63, 3.8) is 0 Å². The first-order valence-electron chi connectivity index (χ1n) is 7.61. The summed E-state index contributed by atoms with van der Waals surface area (Å²) in [7, 11) is 1.65. The van der Waals surface area contributed by atoms with Crippen molar-refractivity contribution in [2.75, 3.05) is 12.4 Å². The molecule has 2 aromatic carbocycles. The molecular weight excluding hydrogens is 354 g/mol. The number of ether oxygens (including phenoxy) is 1. The summed E-state index contributed by atoms with van der Waals surface area (Å²) >= 11 is 2.94. The molecule has 0 radical (unpaired) electrons. The van der Waals surface area contributed by atoms with Gasteiger partial charge in [-0.25, -0.2) is 0 Å². The predicted molar refractivity (Wildman–Crippen MR) is 102 cm³/mol. The average molecular weight is 371 g/mol. The minimum Gasteiger partial charge on any atom is -0.497 e. The van der Waals surface area contributed by atoms with Gasteiger partial charge in [-0.1, -0.05) is 52.9 Å². The fourth-order valence-corrected chi connectivity index (χ4v) is 3.79. The molecule has 0 atom stereocenters. The first-order chi connectivity index (χ1) is 12.1. The van der Waals surface area contributed by atoms with Crippen LogP contribution in [0.4, 0.5) is 5.13 Å². The summed E-state index contributed by atoms with van der Waals surface area (Å²) in [5.74, 6) is 1.42. The molecule has 0 spiro atoms. The molecule has 1 heterocycles. The maximum absolute atomic E-state index is 12.2. The molecule has 7 heteroatoms. The Bertz CT molecular complexity index is 863. The molecule has 3 rings (SSSR count). The molecule has 128 valence electrons. The van der Waals surface area contributed by atoms with Gasteiger partial charge in [-0.05, 0) is 36.8 Å². The van der Waals surface area contributed by atoms with Crippen molar-refractivity contribution in [3.8, 4) is 5.75 Å². The number of thioether (sulfide) groups is 1. The largest absolute Gasteiger partial charge is 0.497 e. The summed E-state index contributed by atoms with van der Waals surface area (Å²) in [6.45, 7) is 1.98. The molecule has 1 aromatic heterocycles. The number of benzene rings is 2.